The van der Waals surface area contributed by atoms with E-state index in [9.17, 15) is 9.59 Å². The van der Waals surface area contributed by atoms with Gasteiger partial charge in [-0.15, -0.1) is 0 Å². The average Bonchev–Trinajstić information content (AvgIpc) is 2.59. The Kier molecular flexibility index (Phi) is 7.41. The van der Waals surface area contributed by atoms with Gasteiger partial charge in [0.25, 0.3) is 0 Å². The van der Waals surface area contributed by atoms with Crippen LogP contribution in [-0.2, 0) is 16.1 Å². The zero-order valence-electron chi connectivity index (χ0n) is 16.5. The Hall–Kier alpha value is -2.82. The SMILES string of the molecule is CC(=O)N(CCC(=O)Nc1ccc(OC(C)C)cc1)Cc1cccc(C)c1. The third-order valence-corrected chi connectivity index (χ3v) is 4.02. The topological polar surface area (TPSA) is 58.6 Å². The Morgan fingerprint density at radius 1 is 1.11 bits per heavy atom. The third-order valence-electron chi connectivity index (χ3n) is 4.02. The van der Waals surface area contributed by atoms with Crippen LogP contribution in [0.1, 0.15) is 38.3 Å². The molecule has 0 radical (unpaired) electrons. The van der Waals surface area contributed by atoms with Crippen molar-refractivity contribution in [3.05, 3.63) is 59.7 Å². The maximum Gasteiger partial charge on any atom is 0.226 e. The number of nitrogens with zero attached hydrogens (tertiary/aromatic N) is 1. The first-order valence-corrected chi connectivity index (χ1v) is 9.21. The van der Waals surface area contributed by atoms with E-state index >= 15 is 0 Å². The standard InChI is InChI=1S/C22H28N2O3/c1-16(2)27-21-10-8-20(9-11-21)23-22(26)12-13-24(18(4)25)15-19-7-5-6-17(3)14-19/h5-11,14,16H,12-13,15H2,1-4H3,(H,23,26). The smallest absolute Gasteiger partial charge is 0.226 e. The molecular formula is C22H28N2O3. The van der Waals surface area contributed by atoms with Crippen LogP contribution >= 0.6 is 0 Å². The van der Waals surface area contributed by atoms with Crippen LogP contribution in [0.15, 0.2) is 48.5 Å². The predicted octanol–water partition coefficient (Wildman–Crippen LogP) is 4.16. The van der Waals surface area contributed by atoms with Gasteiger partial charge in [0.1, 0.15) is 5.75 Å². The van der Waals surface area contributed by atoms with Gasteiger partial charge in [0.15, 0.2) is 0 Å². The van der Waals surface area contributed by atoms with Crippen molar-refractivity contribution in [2.75, 3.05) is 11.9 Å². The van der Waals surface area contributed by atoms with E-state index in [1.807, 2.05) is 63.2 Å². The number of nitrogens with one attached hydrogen (secondary N) is 1. The van der Waals surface area contributed by atoms with Crippen LogP contribution in [0.2, 0.25) is 0 Å². The first-order valence-electron chi connectivity index (χ1n) is 9.21. The molecule has 0 spiro atoms. The second-order valence-corrected chi connectivity index (χ2v) is 6.92. The summed E-state index contributed by atoms with van der Waals surface area (Å²) in [5, 5.41) is 2.86. The molecule has 2 aromatic carbocycles. The summed E-state index contributed by atoms with van der Waals surface area (Å²) in [5.74, 6) is 0.603. The molecule has 0 atom stereocenters. The minimum atomic E-state index is -0.122. The van der Waals surface area contributed by atoms with Crippen molar-refractivity contribution < 1.29 is 14.3 Å². The van der Waals surface area contributed by atoms with E-state index < -0.39 is 0 Å². The van der Waals surface area contributed by atoms with Crippen molar-refractivity contribution in [3.8, 4) is 5.75 Å². The number of carbonyl (C=O) groups excluding carboxylic acids is 2. The predicted molar refractivity (Wildman–Crippen MR) is 108 cm³/mol. The summed E-state index contributed by atoms with van der Waals surface area (Å²) in [5.41, 5.74) is 2.93. The molecule has 144 valence electrons. The molecule has 0 bridgehead atoms. The van der Waals surface area contributed by atoms with Gasteiger partial charge in [-0.1, -0.05) is 29.8 Å². The third kappa shape index (κ3) is 7.13. The number of amides is 2. The number of ether oxygens (including phenoxy) is 1. The lowest BCUT2D eigenvalue weighted by Gasteiger charge is -2.21. The molecule has 27 heavy (non-hydrogen) atoms. The molecule has 0 heterocycles. The van der Waals surface area contributed by atoms with Crippen LogP contribution in [0.25, 0.3) is 0 Å². The molecule has 2 rings (SSSR count). The summed E-state index contributed by atoms with van der Waals surface area (Å²) in [6, 6.07) is 15.3. The quantitative estimate of drug-likeness (QED) is 0.761. The Morgan fingerprint density at radius 2 is 1.81 bits per heavy atom. The van der Waals surface area contributed by atoms with E-state index in [2.05, 4.69) is 11.4 Å². The van der Waals surface area contributed by atoms with E-state index in [-0.39, 0.29) is 24.3 Å². The van der Waals surface area contributed by atoms with Crippen LogP contribution in [0.5, 0.6) is 5.75 Å². The van der Waals surface area contributed by atoms with Gasteiger partial charge in [-0.05, 0) is 50.6 Å². The minimum absolute atomic E-state index is 0.0421. The lowest BCUT2D eigenvalue weighted by Crippen LogP contribution is -2.31. The van der Waals surface area contributed by atoms with Crippen molar-refractivity contribution in [2.24, 2.45) is 0 Å². The number of hydrogen-bond donors (Lipinski definition) is 1. The molecule has 0 aliphatic rings. The molecular weight excluding hydrogens is 340 g/mol. The molecule has 0 aliphatic carbocycles. The highest BCUT2D eigenvalue weighted by atomic mass is 16.5. The molecule has 5 nitrogen and oxygen atoms in total. The molecule has 2 aromatic rings. The van der Waals surface area contributed by atoms with Crippen LogP contribution < -0.4 is 10.1 Å². The molecule has 0 fully saturated rings. The van der Waals surface area contributed by atoms with Gasteiger partial charge in [0.2, 0.25) is 11.8 Å². The van der Waals surface area contributed by atoms with E-state index in [1.165, 1.54) is 6.92 Å². The molecule has 0 saturated heterocycles. The lowest BCUT2D eigenvalue weighted by atomic mass is 10.1. The molecule has 2 amide bonds. The highest BCUT2D eigenvalue weighted by Gasteiger charge is 2.12. The van der Waals surface area contributed by atoms with Crippen LogP contribution in [0, 0.1) is 6.92 Å². The van der Waals surface area contributed by atoms with Gasteiger partial charge in [0, 0.05) is 32.1 Å². The summed E-state index contributed by atoms with van der Waals surface area (Å²) in [4.78, 5) is 25.8. The zero-order valence-corrected chi connectivity index (χ0v) is 16.5. The first-order chi connectivity index (χ1) is 12.8. The molecule has 0 aliphatic heterocycles. The molecule has 1 N–H and O–H groups in total. The normalized spacial score (nSPS) is 10.6. The number of anilines is 1. The highest BCUT2D eigenvalue weighted by Crippen LogP contribution is 2.17. The van der Waals surface area contributed by atoms with E-state index in [1.54, 1.807) is 4.90 Å². The van der Waals surface area contributed by atoms with Crippen molar-refractivity contribution >= 4 is 17.5 Å². The largest absolute Gasteiger partial charge is 0.491 e. The van der Waals surface area contributed by atoms with Crippen LogP contribution in [0.4, 0.5) is 5.69 Å². The number of hydrogen-bond acceptors (Lipinski definition) is 3. The van der Waals surface area contributed by atoms with Gasteiger partial charge in [0.05, 0.1) is 6.10 Å². The fourth-order valence-electron chi connectivity index (χ4n) is 2.73. The average molecular weight is 368 g/mol. The van der Waals surface area contributed by atoms with Gasteiger partial charge in [-0.2, -0.15) is 0 Å². The molecule has 5 heteroatoms. The first kappa shape index (κ1) is 20.5. The highest BCUT2D eigenvalue weighted by molar-refractivity contribution is 5.91. The van der Waals surface area contributed by atoms with E-state index in [4.69, 9.17) is 4.74 Å². The van der Waals surface area contributed by atoms with Crippen molar-refractivity contribution in [3.63, 3.8) is 0 Å². The summed E-state index contributed by atoms with van der Waals surface area (Å²) in [6.07, 6.45) is 0.353. The van der Waals surface area contributed by atoms with Crippen LogP contribution in [-0.4, -0.2) is 29.4 Å². The van der Waals surface area contributed by atoms with Gasteiger partial charge in [-0.3, -0.25) is 9.59 Å². The summed E-state index contributed by atoms with van der Waals surface area (Å²) < 4.78 is 5.59. The van der Waals surface area contributed by atoms with Crippen molar-refractivity contribution in [2.45, 2.75) is 46.8 Å². The Balaban J connectivity index is 1.87. The van der Waals surface area contributed by atoms with Crippen molar-refractivity contribution in [1.82, 2.24) is 4.90 Å². The minimum Gasteiger partial charge on any atom is -0.491 e. The van der Waals surface area contributed by atoms with Gasteiger partial charge < -0.3 is 15.0 Å². The van der Waals surface area contributed by atoms with Gasteiger partial charge >= 0.3 is 0 Å². The number of carbonyl (C=O) groups is 2. The fourth-order valence-corrected chi connectivity index (χ4v) is 2.73. The summed E-state index contributed by atoms with van der Waals surface area (Å²) in [7, 11) is 0. The Labute approximate surface area is 161 Å². The molecule has 0 saturated carbocycles. The second kappa shape index (κ2) is 9.76. The van der Waals surface area contributed by atoms with Crippen LogP contribution in [0.3, 0.4) is 0 Å². The fraction of sp³-hybridized carbons (Fsp3) is 0.364. The Morgan fingerprint density at radius 3 is 2.41 bits per heavy atom. The molecule has 0 aromatic heterocycles. The maximum atomic E-state index is 12.2. The number of aryl methyl sites for hydroxylation is 1. The lowest BCUT2D eigenvalue weighted by molar-refractivity contribution is -0.129. The molecule has 0 unspecified atom stereocenters. The van der Waals surface area contributed by atoms with E-state index in [0.717, 1.165) is 16.9 Å². The Bertz CT molecular complexity index is 769. The summed E-state index contributed by atoms with van der Waals surface area (Å²) in [6.45, 7) is 8.36. The number of rotatable bonds is 8. The maximum absolute atomic E-state index is 12.2. The monoisotopic (exact) mass is 368 g/mol. The number of benzene rings is 2. The zero-order chi connectivity index (χ0) is 19.8. The van der Waals surface area contributed by atoms with E-state index in [0.29, 0.717) is 18.8 Å². The van der Waals surface area contributed by atoms with Crippen molar-refractivity contribution in [1.29, 1.82) is 0 Å². The van der Waals surface area contributed by atoms with Gasteiger partial charge in [-0.25, -0.2) is 0 Å². The second-order valence-electron chi connectivity index (χ2n) is 6.92. The summed E-state index contributed by atoms with van der Waals surface area (Å²) >= 11 is 0.